The Morgan fingerprint density at radius 1 is 1.04 bits per heavy atom. The molecule has 1 amide bonds. The van der Waals surface area contributed by atoms with Gasteiger partial charge >= 0.3 is 0 Å². The number of hydrogen-bond donors (Lipinski definition) is 1. The van der Waals surface area contributed by atoms with Gasteiger partial charge < -0.3 is 10.2 Å². The first-order valence-electron chi connectivity index (χ1n) is 8.56. The van der Waals surface area contributed by atoms with E-state index in [4.69, 9.17) is 0 Å². The first-order valence-corrected chi connectivity index (χ1v) is 8.56. The average molecular weight is 346 g/mol. The van der Waals surface area contributed by atoms with Crippen molar-refractivity contribution in [2.45, 2.75) is 13.3 Å². The maximum absolute atomic E-state index is 12.2. The topological polar surface area (TPSA) is 58.1 Å². The fraction of sp³-hybridized carbons (Fsp3) is 0.190. The summed E-state index contributed by atoms with van der Waals surface area (Å²) in [6.45, 7) is 2.85. The minimum absolute atomic E-state index is 0.134. The van der Waals surface area contributed by atoms with E-state index in [9.17, 15) is 4.79 Å². The molecule has 0 saturated carbocycles. The van der Waals surface area contributed by atoms with Crippen LogP contribution in [0.1, 0.15) is 21.5 Å². The highest BCUT2D eigenvalue weighted by Crippen LogP contribution is 2.15. The number of nitrogens with one attached hydrogen (secondary N) is 1. The van der Waals surface area contributed by atoms with Crippen molar-refractivity contribution in [3.63, 3.8) is 0 Å². The summed E-state index contributed by atoms with van der Waals surface area (Å²) in [6.07, 6.45) is 6.22. The van der Waals surface area contributed by atoms with Gasteiger partial charge in [-0.1, -0.05) is 17.7 Å². The standard InChI is InChI=1S/C21H22N4O/c1-16-3-5-18(6-4-16)21(26)24-19-7-8-20(23-15-19)25(2)14-11-17-9-12-22-13-10-17/h3-10,12-13,15H,11,14H2,1-2H3,(H,24,26). The van der Waals surface area contributed by atoms with Crippen LogP contribution in [-0.4, -0.2) is 29.5 Å². The van der Waals surface area contributed by atoms with Crippen LogP contribution in [0, 0.1) is 6.92 Å². The molecule has 3 aromatic rings. The van der Waals surface area contributed by atoms with Crippen LogP contribution in [0.5, 0.6) is 0 Å². The highest BCUT2D eigenvalue weighted by molar-refractivity contribution is 6.04. The Bertz CT molecular complexity index is 845. The summed E-state index contributed by atoms with van der Waals surface area (Å²) in [4.78, 5) is 22.8. The van der Waals surface area contributed by atoms with Gasteiger partial charge in [0.15, 0.2) is 0 Å². The SMILES string of the molecule is Cc1ccc(C(=O)Nc2ccc(N(C)CCc3ccncc3)nc2)cc1. The van der Waals surface area contributed by atoms with Crippen molar-refractivity contribution in [2.75, 3.05) is 23.8 Å². The Morgan fingerprint density at radius 3 is 2.42 bits per heavy atom. The molecule has 132 valence electrons. The second-order valence-corrected chi connectivity index (χ2v) is 6.25. The zero-order chi connectivity index (χ0) is 18.4. The molecular formula is C21H22N4O. The quantitative estimate of drug-likeness (QED) is 0.739. The number of benzene rings is 1. The third kappa shape index (κ3) is 4.66. The number of nitrogens with zero attached hydrogens (tertiary/aromatic N) is 3. The molecule has 3 rings (SSSR count). The van der Waals surface area contributed by atoms with Crippen molar-refractivity contribution in [3.05, 3.63) is 83.8 Å². The summed E-state index contributed by atoms with van der Waals surface area (Å²) in [7, 11) is 2.01. The van der Waals surface area contributed by atoms with E-state index in [1.807, 2.05) is 62.5 Å². The number of aromatic nitrogens is 2. The molecule has 0 spiro atoms. The maximum Gasteiger partial charge on any atom is 0.255 e. The second kappa shape index (κ2) is 8.25. The molecule has 5 nitrogen and oxygen atoms in total. The van der Waals surface area contributed by atoms with E-state index in [2.05, 4.69) is 20.2 Å². The third-order valence-electron chi connectivity index (χ3n) is 4.20. The summed E-state index contributed by atoms with van der Waals surface area (Å²) in [5, 5.41) is 2.87. The lowest BCUT2D eigenvalue weighted by atomic mass is 10.1. The smallest absolute Gasteiger partial charge is 0.255 e. The molecule has 0 aliphatic heterocycles. The maximum atomic E-state index is 12.2. The van der Waals surface area contributed by atoms with Crippen molar-refractivity contribution in [1.29, 1.82) is 0 Å². The first kappa shape index (κ1) is 17.6. The van der Waals surface area contributed by atoms with Gasteiger partial charge in [-0.25, -0.2) is 4.98 Å². The predicted octanol–water partition coefficient (Wildman–Crippen LogP) is 3.72. The lowest BCUT2D eigenvalue weighted by Crippen LogP contribution is -2.21. The zero-order valence-electron chi connectivity index (χ0n) is 15.0. The van der Waals surface area contributed by atoms with E-state index in [0.717, 1.165) is 24.3 Å². The van der Waals surface area contributed by atoms with Gasteiger partial charge in [0.05, 0.1) is 11.9 Å². The molecule has 2 aromatic heterocycles. The molecule has 0 aliphatic rings. The Labute approximate surface area is 153 Å². The van der Waals surface area contributed by atoms with Gasteiger partial charge in [0.1, 0.15) is 5.82 Å². The Balaban J connectivity index is 1.57. The van der Waals surface area contributed by atoms with Crippen LogP contribution in [0.15, 0.2) is 67.1 Å². The van der Waals surface area contributed by atoms with E-state index in [1.54, 1.807) is 18.6 Å². The largest absolute Gasteiger partial charge is 0.359 e. The molecule has 2 heterocycles. The predicted molar refractivity (Wildman–Crippen MR) is 105 cm³/mol. The van der Waals surface area contributed by atoms with Crippen LogP contribution in [0.25, 0.3) is 0 Å². The monoisotopic (exact) mass is 346 g/mol. The number of amides is 1. The van der Waals surface area contributed by atoms with E-state index in [1.165, 1.54) is 5.56 Å². The Morgan fingerprint density at radius 2 is 1.77 bits per heavy atom. The third-order valence-corrected chi connectivity index (χ3v) is 4.20. The number of pyridine rings is 2. The summed E-state index contributed by atoms with van der Waals surface area (Å²) in [5.41, 5.74) is 3.69. The van der Waals surface area contributed by atoms with Crippen LogP contribution in [-0.2, 0) is 6.42 Å². The van der Waals surface area contributed by atoms with E-state index in [-0.39, 0.29) is 5.91 Å². The van der Waals surface area contributed by atoms with Crippen molar-refractivity contribution in [1.82, 2.24) is 9.97 Å². The highest BCUT2D eigenvalue weighted by Gasteiger charge is 2.07. The highest BCUT2D eigenvalue weighted by atomic mass is 16.1. The molecule has 0 saturated heterocycles. The molecule has 0 bridgehead atoms. The fourth-order valence-corrected chi connectivity index (χ4v) is 2.55. The van der Waals surface area contributed by atoms with E-state index in [0.29, 0.717) is 11.3 Å². The van der Waals surface area contributed by atoms with Gasteiger partial charge in [-0.05, 0) is 55.3 Å². The van der Waals surface area contributed by atoms with Gasteiger partial charge in [-0.15, -0.1) is 0 Å². The number of carbonyl (C=O) groups excluding carboxylic acids is 1. The van der Waals surface area contributed by atoms with Gasteiger partial charge in [0.25, 0.3) is 5.91 Å². The average Bonchev–Trinajstić information content (AvgIpc) is 2.68. The normalized spacial score (nSPS) is 10.4. The number of aryl methyl sites for hydroxylation is 1. The molecule has 0 fully saturated rings. The minimum atomic E-state index is -0.134. The number of likely N-dealkylation sites (N-methyl/N-ethyl adjacent to an activating group) is 1. The summed E-state index contributed by atoms with van der Waals surface area (Å²) >= 11 is 0. The van der Waals surface area contributed by atoms with E-state index >= 15 is 0 Å². The molecule has 26 heavy (non-hydrogen) atoms. The summed E-state index contributed by atoms with van der Waals surface area (Å²) in [6, 6.07) is 15.3. The van der Waals surface area contributed by atoms with Crippen LogP contribution < -0.4 is 10.2 Å². The van der Waals surface area contributed by atoms with Crippen LogP contribution >= 0.6 is 0 Å². The van der Waals surface area contributed by atoms with E-state index < -0.39 is 0 Å². The van der Waals surface area contributed by atoms with Crippen molar-refractivity contribution >= 4 is 17.4 Å². The van der Waals surface area contributed by atoms with Crippen LogP contribution in [0.4, 0.5) is 11.5 Å². The molecule has 0 unspecified atom stereocenters. The number of rotatable bonds is 6. The second-order valence-electron chi connectivity index (χ2n) is 6.25. The van der Waals surface area contributed by atoms with Gasteiger partial charge in [0.2, 0.25) is 0 Å². The number of hydrogen-bond acceptors (Lipinski definition) is 4. The summed E-state index contributed by atoms with van der Waals surface area (Å²) < 4.78 is 0. The van der Waals surface area contributed by atoms with Crippen molar-refractivity contribution < 1.29 is 4.79 Å². The Kier molecular flexibility index (Phi) is 5.59. The van der Waals surface area contributed by atoms with Gasteiger partial charge in [0, 0.05) is 31.5 Å². The lowest BCUT2D eigenvalue weighted by molar-refractivity contribution is 0.102. The molecule has 5 heteroatoms. The molecule has 0 atom stereocenters. The lowest BCUT2D eigenvalue weighted by Gasteiger charge is -2.18. The zero-order valence-corrected chi connectivity index (χ0v) is 15.0. The molecule has 1 aromatic carbocycles. The number of anilines is 2. The number of carbonyl (C=O) groups is 1. The van der Waals surface area contributed by atoms with Gasteiger partial charge in [-0.2, -0.15) is 0 Å². The molecule has 0 radical (unpaired) electrons. The first-order chi connectivity index (χ1) is 12.6. The van der Waals surface area contributed by atoms with Crippen molar-refractivity contribution in [3.8, 4) is 0 Å². The molecular weight excluding hydrogens is 324 g/mol. The van der Waals surface area contributed by atoms with Gasteiger partial charge in [-0.3, -0.25) is 9.78 Å². The minimum Gasteiger partial charge on any atom is -0.359 e. The summed E-state index contributed by atoms with van der Waals surface area (Å²) in [5.74, 6) is 0.734. The van der Waals surface area contributed by atoms with Crippen LogP contribution in [0.2, 0.25) is 0 Å². The fourth-order valence-electron chi connectivity index (χ4n) is 2.55. The molecule has 1 N–H and O–H groups in total. The molecule has 0 aliphatic carbocycles. The van der Waals surface area contributed by atoms with Crippen LogP contribution in [0.3, 0.4) is 0 Å². The Hall–Kier alpha value is -3.21. The van der Waals surface area contributed by atoms with Crippen molar-refractivity contribution in [2.24, 2.45) is 0 Å².